The summed E-state index contributed by atoms with van der Waals surface area (Å²) in [5, 5.41) is 0. The summed E-state index contributed by atoms with van der Waals surface area (Å²) < 4.78 is 28.5. The molecular formula is C12H17BrN2O2S3. The molecule has 3 N–H and O–H groups in total. The van der Waals surface area contributed by atoms with E-state index < -0.39 is 16.1 Å². The fourth-order valence-corrected chi connectivity index (χ4v) is 6.16. The lowest BCUT2D eigenvalue weighted by Gasteiger charge is -2.29. The summed E-state index contributed by atoms with van der Waals surface area (Å²) in [4.78, 5) is 0.232. The van der Waals surface area contributed by atoms with Gasteiger partial charge in [0.2, 0.25) is 0 Å². The number of hydrogen-bond donors (Lipinski definition) is 2. The smallest absolute Gasteiger partial charge is 0.250 e. The average Bonchev–Trinajstić information content (AvgIpc) is 2.84. The van der Waals surface area contributed by atoms with Crippen LogP contribution in [0.3, 0.4) is 0 Å². The molecule has 0 amide bonds. The maximum atomic E-state index is 12.4. The molecule has 112 valence electrons. The van der Waals surface area contributed by atoms with Gasteiger partial charge in [0.15, 0.2) is 0 Å². The first kappa shape index (κ1) is 16.4. The molecule has 1 aliphatic rings. The Kier molecular flexibility index (Phi) is 5.58. The molecule has 0 spiro atoms. The average molecular weight is 397 g/mol. The molecule has 0 aliphatic heterocycles. The van der Waals surface area contributed by atoms with Gasteiger partial charge in [0.1, 0.15) is 4.21 Å². The van der Waals surface area contributed by atoms with E-state index in [-0.39, 0.29) is 15.1 Å². The van der Waals surface area contributed by atoms with Crippen LogP contribution in [0.5, 0.6) is 0 Å². The topological polar surface area (TPSA) is 72.2 Å². The van der Waals surface area contributed by atoms with Crippen molar-refractivity contribution in [3.63, 3.8) is 0 Å². The van der Waals surface area contributed by atoms with Crippen LogP contribution >= 0.6 is 39.5 Å². The summed E-state index contributed by atoms with van der Waals surface area (Å²) in [6.07, 6.45) is 5.36. The van der Waals surface area contributed by atoms with Crippen LogP contribution in [0, 0.1) is 5.92 Å². The Hall–Kier alpha value is -0.0200. The van der Waals surface area contributed by atoms with Crippen LogP contribution in [0.2, 0.25) is 0 Å². The Morgan fingerprint density at radius 3 is 2.55 bits per heavy atom. The number of nitrogens with one attached hydrogen (secondary N) is 1. The molecular weight excluding hydrogens is 380 g/mol. The number of nitrogens with two attached hydrogens (primary N) is 1. The third-order valence-corrected chi connectivity index (χ3v) is 7.33. The third-order valence-electron chi connectivity index (χ3n) is 3.52. The zero-order valence-corrected chi connectivity index (χ0v) is 14.9. The van der Waals surface area contributed by atoms with Gasteiger partial charge in [0, 0.05) is 0 Å². The maximum Gasteiger partial charge on any atom is 0.250 e. The normalized spacial score (nSPS) is 18.9. The monoisotopic (exact) mass is 396 g/mol. The highest BCUT2D eigenvalue weighted by molar-refractivity contribution is 9.11. The molecule has 4 nitrogen and oxygen atoms in total. The van der Waals surface area contributed by atoms with Crippen LogP contribution < -0.4 is 10.5 Å². The third kappa shape index (κ3) is 4.00. The molecule has 2 rings (SSSR count). The van der Waals surface area contributed by atoms with Crippen molar-refractivity contribution in [2.45, 2.75) is 42.4 Å². The van der Waals surface area contributed by atoms with Crippen LogP contribution in [-0.4, -0.2) is 19.4 Å². The summed E-state index contributed by atoms with van der Waals surface area (Å²) in [5.41, 5.74) is 5.76. The maximum absolute atomic E-state index is 12.4. The molecule has 1 aromatic heterocycles. The first-order valence-electron chi connectivity index (χ1n) is 6.47. The lowest BCUT2D eigenvalue weighted by molar-refractivity contribution is 0.330. The predicted molar refractivity (Wildman–Crippen MR) is 89.5 cm³/mol. The van der Waals surface area contributed by atoms with Crippen molar-refractivity contribution in [1.29, 1.82) is 0 Å². The first-order chi connectivity index (χ1) is 9.40. The van der Waals surface area contributed by atoms with E-state index in [1.54, 1.807) is 12.1 Å². The number of rotatable bonds is 5. The molecule has 0 saturated heterocycles. The van der Waals surface area contributed by atoms with Crippen LogP contribution in [0.25, 0.3) is 0 Å². The Bertz CT molecular complexity index is 579. The molecule has 0 bridgehead atoms. The van der Waals surface area contributed by atoms with E-state index >= 15 is 0 Å². The van der Waals surface area contributed by atoms with Crippen molar-refractivity contribution in [3.05, 3.63) is 15.9 Å². The van der Waals surface area contributed by atoms with Crippen LogP contribution in [-0.2, 0) is 10.0 Å². The molecule has 1 saturated carbocycles. The highest BCUT2D eigenvalue weighted by Gasteiger charge is 2.30. The van der Waals surface area contributed by atoms with E-state index in [0.29, 0.717) is 0 Å². The Labute approximate surface area is 137 Å². The van der Waals surface area contributed by atoms with Gasteiger partial charge in [0.05, 0.1) is 14.8 Å². The predicted octanol–water partition coefficient (Wildman–Crippen LogP) is 3.02. The van der Waals surface area contributed by atoms with Crippen LogP contribution in [0.1, 0.15) is 32.1 Å². The van der Waals surface area contributed by atoms with Crippen LogP contribution in [0.15, 0.2) is 20.1 Å². The van der Waals surface area contributed by atoms with Crippen molar-refractivity contribution in [3.8, 4) is 0 Å². The number of thiocarbonyl (C=S) groups is 1. The van der Waals surface area contributed by atoms with E-state index in [0.717, 1.165) is 29.5 Å². The molecule has 1 aromatic rings. The first-order valence-corrected chi connectivity index (χ1v) is 9.97. The lowest BCUT2D eigenvalue weighted by Crippen LogP contribution is -2.48. The lowest BCUT2D eigenvalue weighted by atomic mass is 9.84. The minimum Gasteiger partial charge on any atom is -0.392 e. The van der Waals surface area contributed by atoms with Gasteiger partial charge in [-0.25, -0.2) is 13.1 Å². The SMILES string of the molecule is NC(=S)C(NS(=O)(=O)c1ccc(Br)s1)C1CCCCC1. The fourth-order valence-electron chi connectivity index (χ4n) is 2.52. The van der Waals surface area contributed by atoms with Gasteiger partial charge in [-0.1, -0.05) is 31.5 Å². The van der Waals surface area contributed by atoms with Gasteiger partial charge < -0.3 is 5.73 Å². The fraction of sp³-hybridized carbons (Fsp3) is 0.583. The summed E-state index contributed by atoms with van der Waals surface area (Å²) in [6.45, 7) is 0. The molecule has 0 aromatic carbocycles. The highest BCUT2D eigenvalue weighted by Crippen LogP contribution is 2.29. The van der Waals surface area contributed by atoms with Gasteiger partial charge in [-0.3, -0.25) is 0 Å². The van der Waals surface area contributed by atoms with Gasteiger partial charge in [0.25, 0.3) is 10.0 Å². The van der Waals surface area contributed by atoms with Gasteiger partial charge >= 0.3 is 0 Å². The van der Waals surface area contributed by atoms with Crippen molar-refractivity contribution < 1.29 is 8.42 Å². The molecule has 1 heterocycles. The van der Waals surface area contributed by atoms with Crippen molar-refractivity contribution in [2.75, 3.05) is 0 Å². The second-order valence-electron chi connectivity index (χ2n) is 4.96. The molecule has 1 fully saturated rings. The minimum atomic E-state index is -3.56. The van der Waals surface area contributed by atoms with Crippen LogP contribution in [0.4, 0.5) is 0 Å². The van der Waals surface area contributed by atoms with E-state index in [4.69, 9.17) is 18.0 Å². The number of sulfonamides is 1. The second kappa shape index (κ2) is 6.83. The highest BCUT2D eigenvalue weighted by atomic mass is 79.9. The number of thiophene rings is 1. The summed E-state index contributed by atoms with van der Waals surface area (Å²) >= 11 is 9.52. The largest absolute Gasteiger partial charge is 0.392 e. The molecule has 0 radical (unpaired) electrons. The summed E-state index contributed by atoms with van der Waals surface area (Å²) in [7, 11) is -3.56. The summed E-state index contributed by atoms with van der Waals surface area (Å²) in [6, 6.07) is 2.85. The molecule has 8 heteroatoms. The molecule has 1 atom stereocenters. The zero-order valence-electron chi connectivity index (χ0n) is 10.8. The van der Waals surface area contributed by atoms with E-state index in [2.05, 4.69) is 20.7 Å². The Morgan fingerprint density at radius 1 is 1.40 bits per heavy atom. The minimum absolute atomic E-state index is 0.208. The van der Waals surface area contributed by atoms with Gasteiger partial charge in [-0.15, -0.1) is 11.3 Å². The van der Waals surface area contributed by atoms with Crippen molar-refractivity contribution >= 4 is 54.5 Å². The van der Waals surface area contributed by atoms with E-state index in [1.807, 2.05) is 0 Å². The van der Waals surface area contributed by atoms with Crippen molar-refractivity contribution in [2.24, 2.45) is 11.7 Å². The van der Waals surface area contributed by atoms with E-state index in [9.17, 15) is 8.42 Å². The number of hydrogen-bond acceptors (Lipinski definition) is 4. The molecule has 1 aliphatic carbocycles. The Balaban J connectivity index is 2.17. The Morgan fingerprint density at radius 2 is 2.05 bits per heavy atom. The second-order valence-corrected chi connectivity index (χ2v) is 9.83. The number of halogens is 1. The molecule has 20 heavy (non-hydrogen) atoms. The van der Waals surface area contributed by atoms with Gasteiger partial charge in [-0.05, 0) is 46.8 Å². The molecule has 1 unspecified atom stereocenters. The van der Waals surface area contributed by atoms with Crippen molar-refractivity contribution in [1.82, 2.24) is 4.72 Å². The standard InChI is InChI=1S/C12H17BrN2O2S3/c13-9-6-7-10(19-9)20(16,17)15-11(12(14)18)8-4-2-1-3-5-8/h6-8,11,15H,1-5H2,(H2,14,18). The van der Waals surface area contributed by atoms with E-state index in [1.165, 1.54) is 17.8 Å². The van der Waals surface area contributed by atoms with Gasteiger partial charge in [-0.2, -0.15) is 0 Å². The zero-order chi connectivity index (χ0) is 14.8. The summed E-state index contributed by atoms with van der Waals surface area (Å²) in [5.74, 6) is 0.208. The quantitative estimate of drug-likeness (QED) is 0.750.